The van der Waals surface area contributed by atoms with E-state index in [4.69, 9.17) is 11.6 Å². The Morgan fingerprint density at radius 2 is 1.60 bits per heavy atom. The molecule has 0 aliphatic carbocycles. The van der Waals surface area contributed by atoms with Gasteiger partial charge in [0.15, 0.2) is 0 Å². The Balaban J connectivity index is 2.44. The van der Waals surface area contributed by atoms with E-state index in [2.05, 4.69) is 5.32 Å². The van der Waals surface area contributed by atoms with E-state index in [1.807, 2.05) is 32.9 Å². The van der Waals surface area contributed by atoms with Crippen molar-refractivity contribution in [3.63, 3.8) is 0 Å². The van der Waals surface area contributed by atoms with Crippen LogP contribution in [0.4, 0.5) is 5.69 Å². The molecule has 0 heterocycles. The van der Waals surface area contributed by atoms with Gasteiger partial charge in [0.05, 0.1) is 15.5 Å². The SMILES string of the molecule is Cc1cc(C)c(NC(=O)c2cc(S(=O)(=O)N(C)C)ccc2Cl)c(C)c1. The second kappa shape index (κ2) is 7.15. The molecule has 7 heteroatoms. The molecule has 2 aromatic carbocycles. The summed E-state index contributed by atoms with van der Waals surface area (Å²) in [6, 6.07) is 8.04. The van der Waals surface area contributed by atoms with E-state index >= 15 is 0 Å². The first kappa shape index (κ1) is 19.4. The second-order valence-corrected chi connectivity index (χ2v) is 8.72. The standard InChI is InChI=1S/C18H21ClN2O3S/c1-11-8-12(2)17(13(3)9-11)20-18(22)15-10-14(6-7-16(15)19)25(23,24)21(4)5/h6-10H,1-5H3,(H,20,22). The molecule has 0 aromatic heterocycles. The maximum Gasteiger partial charge on any atom is 0.257 e. The molecule has 1 N–H and O–H groups in total. The van der Waals surface area contributed by atoms with Gasteiger partial charge in [-0.1, -0.05) is 29.3 Å². The molecule has 0 aliphatic rings. The molecular weight excluding hydrogens is 360 g/mol. The van der Waals surface area contributed by atoms with Crippen molar-refractivity contribution < 1.29 is 13.2 Å². The van der Waals surface area contributed by atoms with Gasteiger partial charge >= 0.3 is 0 Å². The first-order chi connectivity index (χ1) is 11.5. The Hall–Kier alpha value is -1.89. The lowest BCUT2D eigenvalue weighted by atomic mass is 10.0. The van der Waals surface area contributed by atoms with Gasteiger partial charge in [-0.3, -0.25) is 4.79 Å². The Labute approximate surface area is 153 Å². The Kier molecular flexibility index (Phi) is 5.56. The zero-order chi connectivity index (χ0) is 18.9. The fraction of sp³-hybridized carbons (Fsp3) is 0.278. The summed E-state index contributed by atoms with van der Waals surface area (Å²) in [5.41, 5.74) is 3.78. The van der Waals surface area contributed by atoms with Crippen LogP contribution in [0.25, 0.3) is 0 Å². The molecular formula is C18H21ClN2O3S. The minimum absolute atomic E-state index is 0.0180. The predicted octanol–water partition coefficient (Wildman–Crippen LogP) is 3.77. The normalized spacial score (nSPS) is 11.6. The van der Waals surface area contributed by atoms with Crippen molar-refractivity contribution in [1.82, 2.24) is 4.31 Å². The molecule has 0 fully saturated rings. The van der Waals surface area contributed by atoms with Crippen LogP contribution >= 0.6 is 11.6 Å². The third kappa shape index (κ3) is 4.03. The first-order valence-corrected chi connectivity index (χ1v) is 9.47. The van der Waals surface area contributed by atoms with Gasteiger partial charge in [0.25, 0.3) is 5.91 Å². The topological polar surface area (TPSA) is 66.5 Å². The molecule has 0 aliphatic heterocycles. The number of hydrogen-bond donors (Lipinski definition) is 1. The molecule has 2 aromatic rings. The van der Waals surface area contributed by atoms with Gasteiger partial charge in [0.1, 0.15) is 0 Å². The third-order valence-electron chi connectivity index (χ3n) is 3.88. The van der Waals surface area contributed by atoms with Crippen LogP contribution in [0.2, 0.25) is 5.02 Å². The number of sulfonamides is 1. The largest absolute Gasteiger partial charge is 0.321 e. The summed E-state index contributed by atoms with van der Waals surface area (Å²) < 4.78 is 25.6. The zero-order valence-electron chi connectivity index (χ0n) is 14.8. The van der Waals surface area contributed by atoms with Crippen LogP contribution in [0, 0.1) is 20.8 Å². The lowest BCUT2D eigenvalue weighted by Crippen LogP contribution is -2.23. The molecule has 25 heavy (non-hydrogen) atoms. The van der Waals surface area contributed by atoms with Gasteiger partial charge in [-0.05, 0) is 50.1 Å². The highest BCUT2D eigenvalue weighted by molar-refractivity contribution is 7.89. The fourth-order valence-corrected chi connectivity index (χ4v) is 3.74. The number of aryl methyl sites for hydroxylation is 3. The van der Waals surface area contributed by atoms with Crippen LogP contribution < -0.4 is 5.32 Å². The van der Waals surface area contributed by atoms with Crippen LogP contribution in [-0.2, 0) is 10.0 Å². The summed E-state index contributed by atoms with van der Waals surface area (Å²) in [4.78, 5) is 12.7. The van der Waals surface area contributed by atoms with Crippen molar-refractivity contribution in [3.8, 4) is 0 Å². The summed E-state index contributed by atoms with van der Waals surface area (Å²) in [6.07, 6.45) is 0. The van der Waals surface area contributed by atoms with Crippen LogP contribution in [0.15, 0.2) is 35.2 Å². The molecule has 134 valence electrons. The maximum absolute atomic E-state index is 12.7. The van der Waals surface area contributed by atoms with E-state index < -0.39 is 15.9 Å². The van der Waals surface area contributed by atoms with Crippen LogP contribution in [0.5, 0.6) is 0 Å². The van der Waals surface area contributed by atoms with Crippen molar-refractivity contribution >= 4 is 33.2 Å². The minimum Gasteiger partial charge on any atom is -0.321 e. The van der Waals surface area contributed by atoms with Crippen LogP contribution in [-0.4, -0.2) is 32.7 Å². The quantitative estimate of drug-likeness (QED) is 0.877. The van der Waals surface area contributed by atoms with Gasteiger partial charge < -0.3 is 5.32 Å². The molecule has 0 saturated heterocycles. The lowest BCUT2D eigenvalue weighted by molar-refractivity contribution is 0.102. The average molecular weight is 381 g/mol. The lowest BCUT2D eigenvalue weighted by Gasteiger charge is -2.15. The molecule has 2 rings (SSSR count). The van der Waals surface area contributed by atoms with Gasteiger partial charge in [0.2, 0.25) is 10.0 Å². The number of hydrogen-bond acceptors (Lipinski definition) is 3. The molecule has 5 nitrogen and oxygen atoms in total. The highest BCUT2D eigenvalue weighted by Gasteiger charge is 2.21. The minimum atomic E-state index is -3.65. The number of rotatable bonds is 4. The Morgan fingerprint density at radius 1 is 1.04 bits per heavy atom. The average Bonchev–Trinajstić information content (AvgIpc) is 2.50. The third-order valence-corrected chi connectivity index (χ3v) is 6.02. The van der Waals surface area contributed by atoms with Crippen molar-refractivity contribution in [2.24, 2.45) is 0 Å². The highest BCUT2D eigenvalue weighted by Crippen LogP contribution is 2.26. The van der Waals surface area contributed by atoms with Crippen molar-refractivity contribution in [2.45, 2.75) is 25.7 Å². The first-order valence-electron chi connectivity index (χ1n) is 7.65. The number of carbonyl (C=O) groups is 1. The molecule has 0 atom stereocenters. The van der Waals surface area contributed by atoms with E-state index in [0.29, 0.717) is 5.69 Å². The van der Waals surface area contributed by atoms with Crippen LogP contribution in [0.1, 0.15) is 27.0 Å². The van der Waals surface area contributed by atoms with Crippen molar-refractivity contribution in [2.75, 3.05) is 19.4 Å². The van der Waals surface area contributed by atoms with E-state index in [-0.39, 0.29) is 15.5 Å². The van der Waals surface area contributed by atoms with Gasteiger partial charge in [0, 0.05) is 19.8 Å². The summed E-state index contributed by atoms with van der Waals surface area (Å²) in [5, 5.41) is 3.03. The van der Waals surface area contributed by atoms with Crippen molar-refractivity contribution in [1.29, 1.82) is 0 Å². The second-order valence-electron chi connectivity index (χ2n) is 6.16. The monoisotopic (exact) mass is 380 g/mol. The van der Waals surface area contributed by atoms with Gasteiger partial charge in [-0.25, -0.2) is 12.7 Å². The number of nitrogens with zero attached hydrogens (tertiary/aromatic N) is 1. The number of carbonyl (C=O) groups excluding carboxylic acids is 1. The molecule has 1 amide bonds. The molecule has 0 spiro atoms. The number of benzene rings is 2. The molecule has 0 saturated carbocycles. The summed E-state index contributed by atoms with van der Waals surface area (Å²) in [6.45, 7) is 5.80. The molecule has 0 unspecified atom stereocenters. The summed E-state index contributed by atoms with van der Waals surface area (Å²) >= 11 is 6.12. The van der Waals surface area contributed by atoms with Gasteiger partial charge in [-0.15, -0.1) is 0 Å². The van der Waals surface area contributed by atoms with E-state index in [9.17, 15) is 13.2 Å². The predicted molar refractivity (Wildman–Crippen MR) is 101 cm³/mol. The Bertz CT molecular complexity index is 914. The van der Waals surface area contributed by atoms with Crippen LogP contribution in [0.3, 0.4) is 0 Å². The van der Waals surface area contributed by atoms with E-state index in [1.165, 1.54) is 32.3 Å². The number of nitrogens with one attached hydrogen (secondary N) is 1. The smallest absolute Gasteiger partial charge is 0.257 e. The molecule has 0 bridgehead atoms. The number of anilines is 1. The highest BCUT2D eigenvalue weighted by atomic mass is 35.5. The maximum atomic E-state index is 12.7. The van der Waals surface area contributed by atoms with Crippen molar-refractivity contribution in [3.05, 3.63) is 57.6 Å². The fourth-order valence-electron chi connectivity index (χ4n) is 2.61. The summed E-state index contributed by atoms with van der Waals surface area (Å²) in [7, 11) is -0.783. The van der Waals surface area contributed by atoms with E-state index in [0.717, 1.165) is 21.0 Å². The zero-order valence-corrected chi connectivity index (χ0v) is 16.4. The number of halogens is 1. The van der Waals surface area contributed by atoms with Gasteiger partial charge in [-0.2, -0.15) is 0 Å². The summed E-state index contributed by atoms with van der Waals surface area (Å²) in [5.74, 6) is -0.448. The number of amides is 1. The molecule has 0 radical (unpaired) electrons. The Morgan fingerprint density at radius 3 is 2.12 bits per heavy atom. The van der Waals surface area contributed by atoms with E-state index in [1.54, 1.807) is 0 Å².